The van der Waals surface area contributed by atoms with Crippen LogP contribution in [0.25, 0.3) is 0 Å². The Balaban J connectivity index is 1.70. The maximum atomic E-state index is 12.1. The van der Waals surface area contributed by atoms with E-state index in [1.54, 1.807) is 11.0 Å². The number of carbonyl (C=O) groups is 1. The number of urea groups is 1. The Morgan fingerprint density at radius 3 is 2.70 bits per heavy atom. The molecule has 4 nitrogen and oxygen atoms in total. The zero-order valence-electron chi connectivity index (χ0n) is 14.1. The predicted octanol–water partition coefficient (Wildman–Crippen LogP) is 3.97. The maximum Gasteiger partial charge on any atom is 0.317 e. The molecule has 0 unspecified atom stereocenters. The highest BCUT2D eigenvalue weighted by atomic mass is 16.5. The molecule has 0 heterocycles. The molecule has 126 valence electrons. The van der Waals surface area contributed by atoms with Crippen molar-refractivity contribution in [3.05, 3.63) is 42.5 Å². The minimum Gasteiger partial charge on any atom is -0.490 e. The number of ether oxygens (including phenoxy) is 1. The molecule has 1 aromatic carbocycles. The van der Waals surface area contributed by atoms with Gasteiger partial charge in [-0.05, 0) is 30.0 Å². The summed E-state index contributed by atoms with van der Waals surface area (Å²) in [5, 5.41) is 3.02. The molecule has 0 bridgehead atoms. The van der Waals surface area contributed by atoms with Gasteiger partial charge in [-0.15, -0.1) is 0 Å². The average Bonchev–Trinajstić information content (AvgIpc) is 3.07. The van der Waals surface area contributed by atoms with Crippen LogP contribution >= 0.6 is 0 Å². The van der Waals surface area contributed by atoms with E-state index in [4.69, 9.17) is 4.74 Å². The molecule has 23 heavy (non-hydrogen) atoms. The number of hydrogen-bond donors (Lipinski definition) is 1. The van der Waals surface area contributed by atoms with E-state index in [1.165, 1.54) is 25.7 Å². The molecule has 2 amide bonds. The molecule has 0 aliphatic heterocycles. The number of rotatable bonds is 8. The van der Waals surface area contributed by atoms with Gasteiger partial charge in [0.1, 0.15) is 12.4 Å². The lowest BCUT2D eigenvalue weighted by Crippen LogP contribution is -2.37. The monoisotopic (exact) mass is 316 g/mol. The molecule has 1 N–H and O–H groups in total. The van der Waals surface area contributed by atoms with E-state index in [1.807, 2.05) is 31.3 Å². The summed E-state index contributed by atoms with van der Waals surface area (Å²) in [5.41, 5.74) is 1.09. The Morgan fingerprint density at radius 1 is 1.35 bits per heavy atom. The van der Waals surface area contributed by atoms with Crippen LogP contribution in [-0.4, -0.2) is 31.1 Å². The number of amides is 2. The lowest BCUT2D eigenvalue weighted by atomic mass is 10.0. The molecule has 1 aromatic rings. The van der Waals surface area contributed by atoms with Crippen LogP contribution in [-0.2, 0) is 6.54 Å². The SMILES string of the molecule is C=CCOc1ccc(CN(C)C(=O)NCCC2CCCC2)cc1. The van der Waals surface area contributed by atoms with E-state index in [9.17, 15) is 4.79 Å². The third kappa shape index (κ3) is 5.97. The number of benzene rings is 1. The lowest BCUT2D eigenvalue weighted by molar-refractivity contribution is 0.206. The van der Waals surface area contributed by atoms with Gasteiger partial charge in [0.2, 0.25) is 0 Å². The topological polar surface area (TPSA) is 41.6 Å². The normalized spacial score (nSPS) is 14.5. The second kappa shape index (κ2) is 9.23. The van der Waals surface area contributed by atoms with E-state index < -0.39 is 0 Å². The summed E-state index contributed by atoms with van der Waals surface area (Å²) < 4.78 is 5.45. The molecule has 4 heteroatoms. The number of hydrogen-bond acceptors (Lipinski definition) is 2. The average molecular weight is 316 g/mol. The zero-order valence-corrected chi connectivity index (χ0v) is 14.1. The molecule has 0 radical (unpaired) electrons. The summed E-state index contributed by atoms with van der Waals surface area (Å²) in [4.78, 5) is 13.8. The Bertz CT molecular complexity index is 493. The van der Waals surface area contributed by atoms with Crippen molar-refractivity contribution < 1.29 is 9.53 Å². The van der Waals surface area contributed by atoms with Gasteiger partial charge in [-0.3, -0.25) is 0 Å². The summed E-state index contributed by atoms with van der Waals surface area (Å²) in [6, 6.07) is 7.81. The van der Waals surface area contributed by atoms with Crippen LogP contribution in [0.4, 0.5) is 4.79 Å². The standard InChI is InChI=1S/C19H28N2O2/c1-3-14-23-18-10-8-17(9-11-18)15-21(2)19(22)20-13-12-16-6-4-5-7-16/h3,8-11,16H,1,4-7,12-15H2,2H3,(H,20,22). The van der Waals surface area contributed by atoms with E-state index in [0.717, 1.165) is 30.2 Å². The minimum atomic E-state index is -0.00465. The highest BCUT2D eigenvalue weighted by molar-refractivity contribution is 5.73. The van der Waals surface area contributed by atoms with Crippen LogP contribution < -0.4 is 10.1 Å². The Kier molecular flexibility index (Phi) is 6.98. The zero-order chi connectivity index (χ0) is 16.5. The van der Waals surface area contributed by atoms with Gasteiger partial charge in [-0.25, -0.2) is 4.79 Å². The first-order chi connectivity index (χ1) is 11.2. The van der Waals surface area contributed by atoms with Crippen molar-refractivity contribution in [1.82, 2.24) is 10.2 Å². The van der Waals surface area contributed by atoms with Crippen LogP contribution in [0.3, 0.4) is 0 Å². The van der Waals surface area contributed by atoms with Crippen LogP contribution in [0.15, 0.2) is 36.9 Å². The fraction of sp³-hybridized carbons (Fsp3) is 0.526. The van der Waals surface area contributed by atoms with E-state index in [0.29, 0.717) is 13.2 Å². The van der Waals surface area contributed by atoms with Gasteiger partial charge >= 0.3 is 6.03 Å². The molecule has 1 saturated carbocycles. The van der Waals surface area contributed by atoms with Gasteiger partial charge in [-0.2, -0.15) is 0 Å². The van der Waals surface area contributed by atoms with Gasteiger partial charge in [0.05, 0.1) is 0 Å². The van der Waals surface area contributed by atoms with E-state index in [2.05, 4.69) is 11.9 Å². The first-order valence-corrected chi connectivity index (χ1v) is 8.50. The van der Waals surface area contributed by atoms with Gasteiger partial charge in [0.25, 0.3) is 0 Å². The third-order valence-electron chi connectivity index (χ3n) is 4.36. The fourth-order valence-corrected chi connectivity index (χ4v) is 3.01. The minimum absolute atomic E-state index is 0.00465. The number of nitrogens with zero attached hydrogens (tertiary/aromatic N) is 1. The number of nitrogens with one attached hydrogen (secondary N) is 1. The molecule has 0 spiro atoms. The quantitative estimate of drug-likeness (QED) is 0.737. The third-order valence-corrected chi connectivity index (χ3v) is 4.36. The molecule has 2 rings (SSSR count). The van der Waals surface area contributed by atoms with Crippen molar-refractivity contribution in [2.75, 3.05) is 20.2 Å². The second-order valence-electron chi connectivity index (χ2n) is 6.27. The van der Waals surface area contributed by atoms with Crippen molar-refractivity contribution in [2.45, 2.75) is 38.6 Å². The Labute approximate surface area is 139 Å². The predicted molar refractivity (Wildman–Crippen MR) is 93.6 cm³/mol. The summed E-state index contributed by atoms with van der Waals surface area (Å²) in [6.07, 6.45) is 8.18. The van der Waals surface area contributed by atoms with Gasteiger partial charge in [-0.1, -0.05) is 50.5 Å². The van der Waals surface area contributed by atoms with Crippen molar-refractivity contribution in [3.63, 3.8) is 0 Å². The highest BCUT2D eigenvalue weighted by Crippen LogP contribution is 2.26. The molecular weight excluding hydrogens is 288 g/mol. The van der Waals surface area contributed by atoms with Crippen molar-refractivity contribution in [3.8, 4) is 5.75 Å². The number of carbonyl (C=O) groups excluding carboxylic acids is 1. The molecule has 0 atom stereocenters. The molecule has 1 aliphatic rings. The first-order valence-electron chi connectivity index (χ1n) is 8.50. The summed E-state index contributed by atoms with van der Waals surface area (Å²) in [5.74, 6) is 1.63. The van der Waals surface area contributed by atoms with Gasteiger partial charge in [0, 0.05) is 20.1 Å². The summed E-state index contributed by atoms with van der Waals surface area (Å²) in [6.45, 7) is 5.50. The smallest absolute Gasteiger partial charge is 0.317 e. The Hall–Kier alpha value is -1.97. The lowest BCUT2D eigenvalue weighted by Gasteiger charge is -2.19. The second-order valence-corrected chi connectivity index (χ2v) is 6.27. The van der Waals surface area contributed by atoms with Gasteiger partial charge in [0.15, 0.2) is 0 Å². The first kappa shape index (κ1) is 17.4. The largest absolute Gasteiger partial charge is 0.490 e. The van der Waals surface area contributed by atoms with Crippen LogP contribution in [0, 0.1) is 5.92 Å². The van der Waals surface area contributed by atoms with Crippen LogP contribution in [0.5, 0.6) is 5.75 Å². The molecule has 0 saturated heterocycles. The van der Waals surface area contributed by atoms with Crippen molar-refractivity contribution in [1.29, 1.82) is 0 Å². The molecule has 1 fully saturated rings. The van der Waals surface area contributed by atoms with Crippen LogP contribution in [0.2, 0.25) is 0 Å². The van der Waals surface area contributed by atoms with Crippen molar-refractivity contribution in [2.24, 2.45) is 5.92 Å². The highest BCUT2D eigenvalue weighted by Gasteiger charge is 2.15. The molecule has 1 aliphatic carbocycles. The van der Waals surface area contributed by atoms with E-state index >= 15 is 0 Å². The van der Waals surface area contributed by atoms with E-state index in [-0.39, 0.29) is 6.03 Å². The summed E-state index contributed by atoms with van der Waals surface area (Å²) in [7, 11) is 1.83. The van der Waals surface area contributed by atoms with Crippen molar-refractivity contribution >= 4 is 6.03 Å². The summed E-state index contributed by atoms with van der Waals surface area (Å²) >= 11 is 0. The van der Waals surface area contributed by atoms with Gasteiger partial charge < -0.3 is 15.0 Å². The molecule has 0 aromatic heterocycles. The molecular formula is C19H28N2O2. The fourth-order valence-electron chi connectivity index (χ4n) is 3.01. The Morgan fingerprint density at radius 2 is 2.04 bits per heavy atom. The maximum absolute atomic E-state index is 12.1. The van der Waals surface area contributed by atoms with Crippen LogP contribution in [0.1, 0.15) is 37.7 Å².